The number of hydrogen-bond donors (Lipinski definition) is 1. The molecule has 1 heterocycles. The van der Waals surface area contributed by atoms with E-state index in [1.54, 1.807) is 4.68 Å². The fourth-order valence-electron chi connectivity index (χ4n) is 2.24. The highest BCUT2D eigenvalue weighted by molar-refractivity contribution is 6.07. The van der Waals surface area contributed by atoms with Gasteiger partial charge in [-0.1, -0.05) is 0 Å². The Morgan fingerprint density at radius 2 is 2.17 bits per heavy atom. The number of fused-ring (bicyclic) bond motifs is 1. The molecule has 1 amide bonds. The van der Waals surface area contributed by atoms with Gasteiger partial charge in [0.15, 0.2) is 11.5 Å². The van der Waals surface area contributed by atoms with Crippen LogP contribution in [-0.2, 0) is 13.0 Å². The van der Waals surface area contributed by atoms with Gasteiger partial charge in [-0.3, -0.25) is 14.3 Å². The van der Waals surface area contributed by atoms with E-state index in [4.69, 9.17) is 5.73 Å². The van der Waals surface area contributed by atoms with Gasteiger partial charge >= 0.3 is 0 Å². The fourth-order valence-corrected chi connectivity index (χ4v) is 2.24. The van der Waals surface area contributed by atoms with E-state index in [2.05, 4.69) is 5.10 Å². The van der Waals surface area contributed by atoms with Crippen molar-refractivity contribution in [1.29, 1.82) is 0 Å². The Balaban J connectivity index is 2.39. The summed E-state index contributed by atoms with van der Waals surface area (Å²) in [6.45, 7) is 1.47. The summed E-state index contributed by atoms with van der Waals surface area (Å²) in [5.74, 6) is -0.633. The largest absolute Gasteiger partial charge is 0.364 e. The Kier molecular flexibility index (Phi) is 3.47. The van der Waals surface area contributed by atoms with Crippen molar-refractivity contribution >= 4 is 11.7 Å². The molecule has 18 heavy (non-hydrogen) atoms. The number of Topliss-reactive ketones (excluding diaryl/α,β-unsaturated/α-hetero) is 1. The lowest BCUT2D eigenvalue weighted by molar-refractivity contribution is 0.0948. The number of nitrogens with zero attached hydrogens (tertiary/aromatic N) is 3. The predicted molar refractivity (Wildman–Crippen MR) is 66.6 cm³/mol. The van der Waals surface area contributed by atoms with E-state index >= 15 is 0 Å². The molecule has 0 saturated carbocycles. The summed E-state index contributed by atoms with van der Waals surface area (Å²) in [4.78, 5) is 25.3. The number of aromatic nitrogens is 2. The number of amides is 1. The van der Waals surface area contributed by atoms with Crippen molar-refractivity contribution in [1.82, 2.24) is 14.7 Å². The Labute approximate surface area is 106 Å². The molecule has 0 atom stereocenters. The molecule has 6 heteroatoms. The maximum absolute atomic E-state index is 11.9. The van der Waals surface area contributed by atoms with Crippen LogP contribution in [0.25, 0.3) is 0 Å². The highest BCUT2D eigenvalue weighted by Crippen LogP contribution is 2.24. The molecule has 0 bridgehead atoms. The third-order valence-electron chi connectivity index (χ3n) is 3.15. The summed E-state index contributed by atoms with van der Waals surface area (Å²) in [6, 6.07) is 0. The number of nitrogens with two attached hydrogens (primary N) is 1. The van der Waals surface area contributed by atoms with Crippen molar-refractivity contribution < 1.29 is 9.59 Å². The first-order valence-electron chi connectivity index (χ1n) is 6.08. The quantitative estimate of drug-likeness (QED) is 0.819. The third kappa shape index (κ3) is 2.28. The van der Waals surface area contributed by atoms with Crippen LogP contribution in [0.1, 0.15) is 39.4 Å². The average molecular weight is 250 g/mol. The van der Waals surface area contributed by atoms with Crippen molar-refractivity contribution in [2.75, 3.05) is 20.6 Å². The Morgan fingerprint density at radius 1 is 1.44 bits per heavy atom. The van der Waals surface area contributed by atoms with Gasteiger partial charge < -0.3 is 10.6 Å². The van der Waals surface area contributed by atoms with Crippen LogP contribution in [-0.4, -0.2) is 47.0 Å². The van der Waals surface area contributed by atoms with Gasteiger partial charge in [0.2, 0.25) is 0 Å². The van der Waals surface area contributed by atoms with Gasteiger partial charge in [-0.15, -0.1) is 0 Å². The fraction of sp³-hybridized carbons (Fsp3) is 0.583. The number of carbonyl (C=O) groups is 2. The average Bonchev–Trinajstić information content (AvgIpc) is 2.67. The number of rotatable bonds is 4. The highest BCUT2D eigenvalue weighted by atomic mass is 16.1. The second-order valence-electron chi connectivity index (χ2n) is 4.84. The number of ketones is 1. The maximum Gasteiger partial charge on any atom is 0.269 e. The summed E-state index contributed by atoms with van der Waals surface area (Å²) in [7, 11) is 3.94. The van der Waals surface area contributed by atoms with Crippen LogP contribution in [0.3, 0.4) is 0 Å². The Hall–Kier alpha value is -1.69. The zero-order valence-electron chi connectivity index (χ0n) is 10.8. The number of carbonyl (C=O) groups excluding carboxylic acids is 2. The summed E-state index contributed by atoms with van der Waals surface area (Å²) >= 11 is 0. The van der Waals surface area contributed by atoms with Gasteiger partial charge in [-0.25, -0.2) is 0 Å². The molecular formula is C12H18N4O2. The van der Waals surface area contributed by atoms with Crippen molar-refractivity contribution in [2.24, 2.45) is 5.73 Å². The molecule has 0 aliphatic heterocycles. The van der Waals surface area contributed by atoms with Crippen molar-refractivity contribution in [3.63, 3.8) is 0 Å². The molecule has 0 saturated heterocycles. The predicted octanol–water partition coefficient (Wildman–Crippen LogP) is 0.0626. The van der Waals surface area contributed by atoms with Crippen LogP contribution in [0.15, 0.2) is 0 Å². The molecule has 1 aliphatic rings. The Bertz CT molecular complexity index is 491. The van der Waals surface area contributed by atoms with E-state index in [-0.39, 0.29) is 11.5 Å². The lowest BCUT2D eigenvalue weighted by Crippen LogP contribution is -2.21. The molecule has 2 N–H and O–H groups in total. The molecule has 1 aromatic rings. The number of primary amides is 1. The molecule has 0 aromatic carbocycles. The summed E-state index contributed by atoms with van der Waals surface area (Å²) < 4.78 is 1.76. The smallest absolute Gasteiger partial charge is 0.269 e. The van der Waals surface area contributed by atoms with Crippen molar-refractivity contribution in [3.8, 4) is 0 Å². The number of likely N-dealkylation sites (N-methyl/N-ethyl adjacent to an activating group) is 1. The highest BCUT2D eigenvalue weighted by Gasteiger charge is 2.28. The topological polar surface area (TPSA) is 81.2 Å². The lowest BCUT2D eigenvalue weighted by Gasteiger charge is -2.15. The first-order valence-corrected chi connectivity index (χ1v) is 6.08. The van der Waals surface area contributed by atoms with Gasteiger partial charge in [0.1, 0.15) is 0 Å². The Morgan fingerprint density at radius 3 is 2.78 bits per heavy atom. The zero-order chi connectivity index (χ0) is 13.3. The van der Waals surface area contributed by atoms with Crippen molar-refractivity contribution in [2.45, 2.75) is 25.8 Å². The maximum atomic E-state index is 11.9. The molecule has 0 fully saturated rings. The van der Waals surface area contributed by atoms with Crippen LogP contribution in [0, 0.1) is 0 Å². The molecule has 6 nitrogen and oxygen atoms in total. The van der Waals surface area contributed by atoms with Crippen molar-refractivity contribution in [3.05, 3.63) is 17.0 Å². The van der Waals surface area contributed by atoms with Gasteiger partial charge in [0, 0.05) is 13.0 Å². The molecule has 1 aromatic heterocycles. The van der Waals surface area contributed by atoms with Crippen LogP contribution < -0.4 is 5.73 Å². The van der Waals surface area contributed by atoms with Crippen LogP contribution in [0.5, 0.6) is 0 Å². The minimum absolute atomic E-state index is 0.0128. The first-order chi connectivity index (χ1) is 8.50. The van der Waals surface area contributed by atoms with E-state index in [0.29, 0.717) is 18.5 Å². The second kappa shape index (κ2) is 4.89. The summed E-state index contributed by atoms with van der Waals surface area (Å²) in [5.41, 5.74) is 6.74. The molecule has 2 rings (SSSR count). The van der Waals surface area contributed by atoms with E-state index in [9.17, 15) is 9.59 Å². The molecular weight excluding hydrogens is 232 g/mol. The van der Waals surface area contributed by atoms with E-state index in [0.717, 1.165) is 25.1 Å². The third-order valence-corrected chi connectivity index (χ3v) is 3.15. The van der Waals surface area contributed by atoms with Gasteiger partial charge in [0.05, 0.1) is 17.8 Å². The van der Waals surface area contributed by atoms with Gasteiger partial charge in [-0.2, -0.15) is 5.10 Å². The first kappa shape index (κ1) is 12.8. The second-order valence-corrected chi connectivity index (χ2v) is 4.84. The van der Waals surface area contributed by atoms with Crippen LogP contribution in [0.4, 0.5) is 0 Å². The molecule has 98 valence electrons. The van der Waals surface area contributed by atoms with E-state index in [1.807, 2.05) is 19.0 Å². The SMILES string of the molecule is CN(C)CCn1nc(C(N)=O)c2c1CCCC2=O. The summed E-state index contributed by atoms with van der Waals surface area (Å²) in [5, 5.41) is 4.21. The van der Waals surface area contributed by atoms with Gasteiger partial charge in [0.25, 0.3) is 5.91 Å². The number of hydrogen-bond acceptors (Lipinski definition) is 4. The molecule has 0 spiro atoms. The van der Waals surface area contributed by atoms with Crippen LogP contribution >= 0.6 is 0 Å². The molecule has 0 radical (unpaired) electrons. The lowest BCUT2D eigenvalue weighted by atomic mass is 9.94. The van der Waals surface area contributed by atoms with E-state index in [1.165, 1.54) is 0 Å². The zero-order valence-corrected chi connectivity index (χ0v) is 10.8. The minimum Gasteiger partial charge on any atom is -0.364 e. The summed E-state index contributed by atoms with van der Waals surface area (Å²) in [6.07, 6.45) is 2.08. The monoisotopic (exact) mass is 250 g/mol. The standard InChI is InChI=1S/C12H18N4O2/c1-15(2)6-7-16-8-4-3-5-9(17)10(8)11(14-16)12(13)18/h3-7H2,1-2H3,(H2,13,18). The van der Waals surface area contributed by atoms with Crippen LogP contribution in [0.2, 0.25) is 0 Å². The van der Waals surface area contributed by atoms with E-state index < -0.39 is 5.91 Å². The normalized spacial score (nSPS) is 14.9. The molecule has 0 unspecified atom stereocenters. The molecule has 1 aliphatic carbocycles. The minimum atomic E-state index is -0.620. The van der Waals surface area contributed by atoms with Gasteiger partial charge in [-0.05, 0) is 26.9 Å².